The van der Waals surface area contributed by atoms with E-state index in [9.17, 15) is 27.6 Å². The van der Waals surface area contributed by atoms with E-state index in [1.807, 2.05) is 53.8 Å². The predicted octanol–water partition coefficient (Wildman–Crippen LogP) is 4.46. The number of carbonyl (C=O) groups excluding carboxylic acids is 2. The number of nitrogens with one attached hydrogen (secondary N) is 2. The van der Waals surface area contributed by atoms with Gasteiger partial charge in [-0.15, -0.1) is 0 Å². The number of alkyl halides is 3. The van der Waals surface area contributed by atoms with E-state index in [1.165, 1.54) is 0 Å². The summed E-state index contributed by atoms with van der Waals surface area (Å²) in [7, 11) is 0. The Balaban J connectivity index is 1.60. The second-order valence-corrected chi connectivity index (χ2v) is 8.62. The van der Waals surface area contributed by atoms with Crippen molar-refractivity contribution in [2.24, 2.45) is 5.92 Å². The number of hydrogen-bond donors (Lipinski definition) is 3. The van der Waals surface area contributed by atoms with Crippen LogP contribution in [0, 0.1) is 5.92 Å². The number of alkyl carbamates (subject to hydrolysis) is 1. The van der Waals surface area contributed by atoms with Crippen molar-refractivity contribution in [1.29, 1.82) is 0 Å². The lowest BCUT2D eigenvalue weighted by Crippen LogP contribution is -2.49. The second-order valence-electron chi connectivity index (χ2n) is 8.62. The van der Waals surface area contributed by atoms with Crippen LogP contribution in [-0.2, 0) is 14.3 Å². The first-order valence-electron chi connectivity index (χ1n) is 11.2. The molecule has 0 fully saturated rings. The van der Waals surface area contributed by atoms with E-state index in [4.69, 9.17) is 9.84 Å². The molecular weight excluding hydrogens is 465 g/mol. The Bertz CT molecular complexity index is 1030. The predicted molar refractivity (Wildman–Crippen MR) is 122 cm³/mol. The van der Waals surface area contributed by atoms with Crippen LogP contribution in [0.5, 0.6) is 0 Å². The molecule has 35 heavy (non-hydrogen) atoms. The molecule has 0 saturated heterocycles. The summed E-state index contributed by atoms with van der Waals surface area (Å²) < 4.78 is 44.4. The number of aliphatic carboxylic acids is 1. The van der Waals surface area contributed by atoms with E-state index in [0.717, 1.165) is 22.3 Å². The van der Waals surface area contributed by atoms with Crippen LogP contribution in [0.2, 0.25) is 0 Å². The molecule has 3 rings (SSSR count). The molecule has 10 heteroatoms. The Morgan fingerprint density at radius 3 is 2.14 bits per heavy atom. The highest BCUT2D eigenvalue weighted by Crippen LogP contribution is 2.44. The Morgan fingerprint density at radius 2 is 1.60 bits per heavy atom. The quantitative estimate of drug-likeness (QED) is 0.454. The summed E-state index contributed by atoms with van der Waals surface area (Å²) in [5, 5.41) is 13.1. The molecule has 0 aromatic heterocycles. The van der Waals surface area contributed by atoms with Gasteiger partial charge in [-0.2, -0.15) is 13.2 Å². The maximum Gasteiger partial charge on any atom is 0.407 e. The lowest BCUT2D eigenvalue weighted by molar-refractivity contribution is -0.149. The molecule has 0 bridgehead atoms. The summed E-state index contributed by atoms with van der Waals surface area (Å²) in [6.07, 6.45) is -7.25. The third kappa shape index (κ3) is 7.21. The number of carbonyl (C=O) groups is 3. The van der Waals surface area contributed by atoms with Gasteiger partial charge < -0.3 is 20.5 Å². The van der Waals surface area contributed by atoms with Gasteiger partial charge in [0.25, 0.3) is 0 Å². The van der Waals surface area contributed by atoms with Gasteiger partial charge in [-0.05, 0) is 34.6 Å². The van der Waals surface area contributed by atoms with Gasteiger partial charge in [0.05, 0.1) is 6.42 Å². The molecule has 1 aliphatic rings. The third-order valence-corrected chi connectivity index (χ3v) is 5.85. The summed E-state index contributed by atoms with van der Waals surface area (Å²) in [6, 6.07) is 13.4. The Kier molecular flexibility index (Phi) is 8.37. The van der Waals surface area contributed by atoms with Crippen LogP contribution in [0.25, 0.3) is 11.1 Å². The molecule has 2 atom stereocenters. The van der Waals surface area contributed by atoms with Crippen molar-refractivity contribution in [3.05, 3.63) is 59.7 Å². The van der Waals surface area contributed by atoms with Crippen molar-refractivity contribution in [2.75, 3.05) is 13.2 Å². The summed E-state index contributed by atoms with van der Waals surface area (Å²) in [5.41, 5.74) is 3.90. The van der Waals surface area contributed by atoms with Gasteiger partial charge in [0, 0.05) is 18.9 Å². The molecule has 0 spiro atoms. The van der Waals surface area contributed by atoms with Crippen LogP contribution in [0.1, 0.15) is 43.2 Å². The number of benzene rings is 2. The highest BCUT2D eigenvalue weighted by molar-refractivity contribution is 5.85. The molecule has 2 aromatic carbocycles. The number of amides is 2. The average Bonchev–Trinajstić information content (AvgIpc) is 3.09. The smallest absolute Gasteiger partial charge is 0.407 e. The van der Waals surface area contributed by atoms with Crippen LogP contribution in [0.3, 0.4) is 0 Å². The van der Waals surface area contributed by atoms with Crippen molar-refractivity contribution >= 4 is 18.0 Å². The topological polar surface area (TPSA) is 105 Å². The summed E-state index contributed by atoms with van der Waals surface area (Å²) in [5.74, 6) is -2.57. The van der Waals surface area contributed by atoms with Crippen LogP contribution in [-0.4, -0.2) is 48.4 Å². The molecule has 0 saturated carbocycles. The van der Waals surface area contributed by atoms with Gasteiger partial charge in [0.15, 0.2) is 0 Å². The van der Waals surface area contributed by atoms with Gasteiger partial charge >= 0.3 is 18.2 Å². The minimum Gasteiger partial charge on any atom is -0.481 e. The molecule has 0 aliphatic heterocycles. The first kappa shape index (κ1) is 26.1. The molecule has 188 valence electrons. The first-order valence-corrected chi connectivity index (χ1v) is 11.2. The molecule has 0 radical (unpaired) electrons. The number of carboxylic acids is 1. The van der Waals surface area contributed by atoms with Crippen molar-refractivity contribution in [2.45, 2.75) is 44.3 Å². The van der Waals surface area contributed by atoms with E-state index in [0.29, 0.717) is 0 Å². The Labute approximate surface area is 200 Å². The van der Waals surface area contributed by atoms with E-state index in [1.54, 1.807) is 6.92 Å². The van der Waals surface area contributed by atoms with Crippen LogP contribution in [0.15, 0.2) is 48.5 Å². The fourth-order valence-electron chi connectivity index (χ4n) is 4.19. The zero-order valence-corrected chi connectivity index (χ0v) is 19.1. The number of carboxylic acid groups (broad SMARTS) is 1. The summed E-state index contributed by atoms with van der Waals surface area (Å²) in [4.78, 5) is 35.4. The number of rotatable bonds is 10. The van der Waals surface area contributed by atoms with Crippen LogP contribution >= 0.6 is 0 Å². The van der Waals surface area contributed by atoms with Crippen molar-refractivity contribution < 1.29 is 37.4 Å². The molecule has 0 heterocycles. The van der Waals surface area contributed by atoms with Crippen molar-refractivity contribution in [1.82, 2.24) is 10.6 Å². The average molecular weight is 492 g/mol. The highest BCUT2D eigenvalue weighted by atomic mass is 19.4. The number of fused-ring (bicyclic) bond motifs is 3. The van der Waals surface area contributed by atoms with Crippen molar-refractivity contribution in [3.8, 4) is 11.1 Å². The van der Waals surface area contributed by atoms with Gasteiger partial charge in [-0.3, -0.25) is 9.59 Å². The molecule has 1 aliphatic carbocycles. The molecule has 2 unspecified atom stereocenters. The lowest BCUT2D eigenvalue weighted by Gasteiger charge is -2.21. The fourth-order valence-corrected chi connectivity index (χ4v) is 4.19. The largest absolute Gasteiger partial charge is 0.481 e. The number of hydrogen-bond acceptors (Lipinski definition) is 4. The molecule has 2 amide bonds. The molecule has 2 aromatic rings. The van der Waals surface area contributed by atoms with Crippen LogP contribution in [0.4, 0.5) is 18.0 Å². The normalized spacial score (nSPS) is 14.4. The van der Waals surface area contributed by atoms with Crippen molar-refractivity contribution in [3.63, 3.8) is 0 Å². The Morgan fingerprint density at radius 1 is 1.03 bits per heavy atom. The maximum atomic E-state index is 13.0. The molecule has 7 nitrogen and oxygen atoms in total. The van der Waals surface area contributed by atoms with Gasteiger partial charge in [0.1, 0.15) is 12.6 Å². The van der Waals surface area contributed by atoms with Crippen LogP contribution < -0.4 is 10.6 Å². The highest BCUT2D eigenvalue weighted by Gasteiger charge is 2.37. The summed E-state index contributed by atoms with van der Waals surface area (Å²) >= 11 is 0. The van der Waals surface area contributed by atoms with E-state index >= 15 is 0 Å². The molecular formula is C25H27F3N2O5. The first-order chi connectivity index (χ1) is 16.5. The lowest BCUT2D eigenvalue weighted by atomic mass is 9.98. The number of halogens is 3. The molecule has 3 N–H and O–H groups in total. The fraction of sp³-hybridized carbons (Fsp3) is 0.400. The SMILES string of the molecule is CC(CCNC(=O)C(CC(F)(F)F)NC(=O)OCC1c2ccccc2-c2ccccc21)CC(=O)O. The summed E-state index contributed by atoms with van der Waals surface area (Å²) in [6.45, 7) is 1.53. The second kappa shape index (κ2) is 11.2. The van der Waals surface area contributed by atoms with Gasteiger partial charge in [-0.25, -0.2) is 4.79 Å². The monoisotopic (exact) mass is 492 g/mol. The minimum absolute atomic E-state index is 0.0198. The standard InChI is InChI=1S/C25H27F3N2O5/c1-15(12-22(31)32)10-11-29-23(33)21(13-25(26,27)28)30-24(34)35-14-20-18-8-4-2-6-16(18)17-7-3-5-9-19(17)20/h2-9,15,20-21H,10-14H2,1H3,(H,29,33)(H,30,34)(H,31,32). The maximum absolute atomic E-state index is 13.0. The van der Waals surface area contributed by atoms with Gasteiger partial charge in [-0.1, -0.05) is 55.5 Å². The number of ether oxygens (including phenoxy) is 1. The zero-order chi connectivity index (χ0) is 25.6. The van der Waals surface area contributed by atoms with E-state index in [2.05, 4.69) is 5.32 Å². The van der Waals surface area contributed by atoms with Gasteiger partial charge in [0.2, 0.25) is 5.91 Å². The Hall–Kier alpha value is -3.56. The zero-order valence-electron chi connectivity index (χ0n) is 19.1. The third-order valence-electron chi connectivity index (χ3n) is 5.85. The van der Waals surface area contributed by atoms with E-state index in [-0.39, 0.29) is 37.8 Å². The van der Waals surface area contributed by atoms with E-state index < -0.39 is 36.6 Å². The minimum atomic E-state index is -4.70.